The Labute approximate surface area is 213 Å². The van der Waals surface area contributed by atoms with E-state index in [0.29, 0.717) is 46.0 Å². The summed E-state index contributed by atoms with van der Waals surface area (Å²) in [5.41, 5.74) is 3.06. The average Bonchev–Trinajstić information content (AvgIpc) is 3.40. The molecule has 35 heavy (non-hydrogen) atoms. The molecule has 4 aliphatic rings. The highest BCUT2D eigenvalue weighted by molar-refractivity contribution is 5.85. The molecule has 0 unspecified atom stereocenters. The molecule has 0 bridgehead atoms. The number of carbonyl (C=O) groups excluding carboxylic acids is 1. The molecule has 4 fully saturated rings. The van der Waals surface area contributed by atoms with Crippen molar-refractivity contribution in [3.8, 4) is 0 Å². The van der Waals surface area contributed by atoms with E-state index in [4.69, 9.17) is 4.74 Å². The van der Waals surface area contributed by atoms with Gasteiger partial charge in [-0.25, -0.2) is 4.79 Å². The molecule has 4 nitrogen and oxygen atoms in total. The van der Waals surface area contributed by atoms with Crippen molar-refractivity contribution < 1.29 is 19.4 Å². The fraction of sp³-hybridized carbons (Fsp3) is 0.806. The lowest BCUT2D eigenvalue weighted by Crippen LogP contribution is -2.54. The van der Waals surface area contributed by atoms with Gasteiger partial charge in [-0.2, -0.15) is 0 Å². The van der Waals surface area contributed by atoms with Crippen LogP contribution in [0.3, 0.4) is 0 Å². The molecule has 0 aromatic rings. The fourth-order valence-corrected chi connectivity index (χ4v) is 10.2. The summed E-state index contributed by atoms with van der Waals surface area (Å²) in [4.78, 5) is 23.3. The monoisotopic (exact) mass is 484 g/mol. The first kappa shape index (κ1) is 26.5. The number of carboxylic acid groups (broad SMARTS) is 1. The van der Waals surface area contributed by atoms with E-state index in [1.165, 1.54) is 57.6 Å². The van der Waals surface area contributed by atoms with Crippen molar-refractivity contribution in [2.24, 2.45) is 45.3 Å². The molecule has 4 rings (SSSR count). The van der Waals surface area contributed by atoms with E-state index in [0.717, 1.165) is 25.2 Å². The number of fused-ring (bicyclic) bond motifs is 2. The van der Waals surface area contributed by atoms with Crippen LogP contribution < -0.4 is 0 Å². The normalized spacial score (nSPS) is 42.9. The molecule has 0 radical (unpaired) electrons. The van der Waals surface area contributed by atoms with E-state index >= 15 is 0 Å². The third-order valence-electron chi connectivity index (χ3n) is 12.2. The molecule has 1 N–H and O–H groups in total. The van der Waals surface area contributed by atoms with Gasteiger partial charge in [0.2, 0.25) is 0 Å². The smallest absolute Gasteiger partial charge is 0.330 e. The molecule has 1 spiro atoms. The fourth-order valence-electron chi connectivity index (χ4n) is 10.2. The molecule has 4 aliphatic carbocycles. The van der Waals surface area contributed by atoms with E-state index < -0.39 is 5.97 Å². The SMILES string of the molecule is C=C(C)[C@@H]1CC[C@@H]2[C@]3(CC[C@]4(C)[C@@H]([C@H](C)CC/C=C(\C)C(=O)O)CC[C@@]24C)C[C@]13CCC(=O)OC. The largest absolute Gasteiger partial charge is 0.478 e. The van der Waals surface area contributed by atoms with Crippen molar-refractivity contribution >= 4 is 11.9 Å². The number of allylic oxidation sites excluding steroid dienone is 2. The van der Waals surface area contributed by atoms with E-state index in [-0.39, 0.29) is 11.4 Å². The zero-order chi connectivity index (χ0) is 25.8. The summed E-state index contributed by atoms with van der Waals surface area (Å²) in [6, 6.07) is 0. The molecule has 0 aliphatic heterocycles. The Morgan fingerprint density at radius 1 is 1.11 bits per heavy atom. The lowest BCUT2D eigenvalue weighted by atomic mass is 9.43. The number of aliphatic carboxylic acids is 1. The summed E-state index contributed by atoms with van der Waals surface area (Å²) in [5, 5.41) is 9.18. The van der Waals surface area contributed by atoms with E-state index in [1.807, 2.05) is 6.08 Å². The second kappa shape index (κ2) is 9.06. The highest BCUT2D eigenvalue weighted by Crippen LogP contribution is 2.87. The van der Waals surface area contributed by atoms with E-state index in [1.54, 1.807) is 6.92 Å². The predicted molar refractivity (Wildman–Crippen MR) is 140 cm³/mol. The Morgan fingerprint density at radius 3 is 2.46 bits per heavy atom. The second-order valence-electron chi connectivity index (χ2n) is 13.3. The molecule has 0 amide bonds. The number of carboxylic acids is 1. The van der Waals surface area contributed by atoms with Crippen LogP contribution in [0.2, 0.25) is 0 Å². The number of rotatable bonds is 9. The summed E-state index contributed by atoms with van der Waals surface area (Å²) in [7, 11) is 1.51. The van der Waals surface area contributed by atoms with Gasteiger partial charge in [0.15, 0.2) is 0 Å². The second-order valence-corrected chi connectivity index (χ2v) is 13.3. The van der Waals surface area contributed by atoms with Gasteiger partial charge in [0.1, 0.15) is 0 Å². The number of esters is 1. The van der Waals surface area contributed by atoms with Crippen LogP contribution in [0.25, 0.3) is 0 Å². The van der Waals surface area contributed by atoms with Gasteiger partial charge in [-0.1, -0.05) is 39.0 Å². The van der Waals surface area contributed by atoms with Crippen molar-refractivity contribution in [1.29, 1.82) is 0 Å². The van der Waals surface area contributed by atoms with Gasteiger partial charge >= 0.3 is 11.9 Å². The van der Waals surface area contributed by atoms with Gasteiger partial charge < -0.3 is 9.84 Å². The number of carbonyl (C=O) groups is 2. The summed E-state index contributed by atoms with van der Waals surface area (Å²) < 4.78 is 5.04. The van der Waals surface area contributed by atoms with Gasteiger partial charge in [0.05, 0.1) is 7.11 Å². The van der Waals surface area contributed by atoms with E-state index in [9.17, 15) is 14.7 Å². The van der Waals surface area contributed by atoms with Crippen LogP contribution in [0.4, 0.5) is 0 Å². The minimum Gasteiger partial charge on any atom is -0.478 e. The third kappa shape index (κ3) is 3.84. The van der Waals surface area contributed by atoms with Crippen molar-refractivity contribution in [2.75, 3.05) is 7.11 Å². The predicted octanol–water partition coefficient (Wildman–Crippen LogP) is 7.58. The van der Waals surface area contributed by atoms with E-state index in [2.05, 4.69) is 34.3 Å². The quantitative estimate of drug-likeness (QED) is 0.208. The lowest BCUT2D eigenvalue weighted by molar-refractivity contribution is -0.143. The number of hydrogen-bond donors (Lipinski definition) is 1. The first-order valence-electron chi connectivity index (χ1n) is 14.0. The van der Waals surface area contributed by atoms with Gasteiger partial charge in [-0.05, 0) is 123 Å². The Bertz CT molecular complexity index is 919. The molecular weight excluding hydrogens is 436 g/mol. The van der Waals surface area contributed by atoms with Crippen LogP contribution in [0.5, 0.6) is 0 Å². The molecule has 0 aromatic carbocycles. The standard InChI is InChI=1S/C31H48O4/c1-20(2)23-11-12-25-29(6)15-13-24(21(3)9-8-10-22(4)27(33)34)28(29,5)17-18-31(25)19-30(23,31)16-14-26(32)35-7/h10,21,23-25H,1,8-9,11-19H2,2-7H3,(H,33,34)/b22-10+/t21-,23+,24-,25+,28-,29+,30-,31+/m1/s1. The first-order valence-corrected chi connectivity index (χ1v) is 14.0. The van der Waals surface area contributed by atoms with Crippen LogP contribution in [0.15, 0.2) is 23.8 Å². The van der Waals surface area contributed by atoms with Gasteiger partial charge in [0.25, 0.3) is 0 Å². The Balaban J connectivity index is 1.56. The summed E-state index contributed by atoms with van der Waals surface area (Å²) in [6.45, 7) is 15.9. The van der Waals surface area contributed by atoms with Crippen LogP contribution in [-0.2, 0) is 14.3 Å². The van der Waals surface area contributed by atoms with Gasteiger partial charge in [-0.15, -0.1) is 0 Å². The summed E-state index contributed by atoms with van der Waals surface area (Å²) >= 11 is 0. The van der Waals surface area contributed by atoms with Crippen molar-refractivity contribution in [2.45, 2.75) is 105 Å². The molecule has 196 valence electrons. The van der Waals surface area contributed by atoms with Crippen molar-refractivity contribution in [3.05, 3.63) is 23.8 Å². The minimum atomic E-state index is -0.805. The maximum atomic E-state index is 12.1. The third-order valence-corrected chi connectivity index (χ3v) is 12.2. The average molecular weight is 485 g/mol. The molecule has 0 aromatic heterocycles. The Kier molecular flexibility index (Phi) is 6.86. The number of ether oxygens (including phenoxy) is 1. The van der Waals surface area contributed by atoms with Gasteiger partial charge in [-0.3, -0.25) is 4.79 Å². The van der Waals surface area contributed by atoms with Crippen LogP contribution in [0, 0.1) is 45.3 Å². The molecule has 0 heterocycles. The topological polar surface area (TPSA) is 63.6 Å². The summed E-state index contributed by atoms with van der Waals surface area (Å²) in [6.07, 6.45) is 14.3. The summed E-state index contributed by atoms with van der Waals surface area (Å²) in [5.74, 6) is 1.69. The minimum absolute atomic E-state index is 0.0715. The molecule has 8 atom stereocenters. The molecule has 4 heteroatoms. The lowest BCUT2D eigenvalue weighted by Gasteiger charge is -2.61. The van der Waals surface area contributed by atoms with Crippen molar-refractivity contribution in [3.63, 3.8) is 0 Å². The maximum Gasteiger partial charge on any atom is 0.330 e. The maximum absolute atomic E-state index is 12.1. The van der Waals surface area contributed by atoms with Gasteiger partial charge in [0, 0.05) is 12.0 Å². The van der Waals surface area contributed by atoms with Crippen LogP contribution in [0.1, 0.15) is 105 Å². The van der Waals surface area contributed by atoms with Crippen molar-refractivity contribution in [1.82, 2.24) is 0 Å². The Hall–Kier alpha value is -1.58. The highest BCUT2D eigenvalue weighted by atomic mass is 16.5. The zero-order valence-electron chi connectivity index (χ0n) is 23.0. The van der Waals surface area contributed by atoms with Crippen LogP contribution in [-0.4, -0.2) is 24.2 Å². The Morgan fingerprint density at radius 2 is 1.83 bits per heavy atom. The molecule has 0 saturated heterocycles. The van der Waals surface area contributed by atoms with Crippen LogP contribution >= 0.6 is 0 Å². The number of methoxy groups -OCH3 is 1. The highest BCUT2D eigenvalue weighted by Gasteiger charge is 2.80. The molecule has 4 saturated carbocycles. The first-order chi connectivity index (χ1) is 16.4. The molecular formula is C31H48O4. The zero-order valence-corrected chi connectivity index (χ0v) is 23.0. The number of hydrogen-bond acceptors (Lipinski definition) is 3.